The Hall–Kier alpha value is -2.48. The van der Waals surface area contributed by atoms with Crippen molar-refractivity contribution in [3.63, 3.8) is 0 Å². The van der Waals surface area contributed by atoms with Crippen LogP contribution in [0.4, 0.5) is 0 Å². The van der Waals surface area contributed by atoms with E-state index in [2.05, 4.69) is 27.1 Å². The number of amides is 1. The Balaban J connectivity index is 1.60. The Morgan fingerprint density at radius 3 is 3.20 bits per heavy atom. The van der Waals surface area contributed by atoms with Crippen molar-refractivity contribution in [1.29, 1.82) is 0 Å². The topological polar surface area (TPSA) is 93.2 Å². The highest BCUT2D eigenvalue weighted by molar-refractivity contribution is 5.81. The molecule has 3 rings (SSSR count). The Kier molecular flexibility index (Phi) is 5.60. The number of carbonyl (C=O) groups excluding carboxylic acids is 1. The number of nitrogens with one attached hydrogen (secondary N) is 1. The Morgan fingerprint density at radius 2 is 2.44 bits per heavy atom. The summed E-state index contributed by atoms with van der Waals surface area (Å²) in [6.45, 7) is 5.23. The van der Waals surface area contributed by atoms with Crippen LogP contribution >= 0.6 is 0 Å². The summed E-state index contributed by atoms with van der Waals surface area (Å²) in [5, 5.41) is 7.15. The fourth-order valence-corrected chi connectivity index (χ4v) is 2.74. The van der Waals surface area contributed by atoms with Crippen molar-refractivity contribution >= 4 is 5.91 Å². The number of morpholine rings is 1. The molecule has 1 fully saturated rings. The fourth-order valence-electron chi connectivity index (χ4n) is 2.74. The van der Waals surface area contributed by atoms with E-state index in [1.807, 2.05) is 0 Å². The van der Waals surface area contributed by atoms with E-state index < -0.39 is 6.10 Å². The molecule has 134 valence electrons. The number of rotatable bonds is 6. The lowest BCUT2D eigenvalue weighted by Gasteiger charge is -2.33. The lowest BCUT2D eigenvalue weighted by atomic mass is 10.2. The first kappa shape index (κ1) is 17.3. The van der Waals surface area contributed by atoms with Gasteiger partial charge in [0.25, 0.3) is 5.91 Å². The molecule has 0 saturated carbocycles. The van der Waals surface area contributed by atoms with Crippen LogP contribution in [-0.2, 0) is 16.0 Å². The number of carbonyl (C=O) groups is 1. The first-order chi connectivity index (χ1) is 12.2. The van der Waals surface area contributed by atoms with Gasteiger partial charge in [-0.2, -0.15) is 5.10 Å². The number of nitrogens with zero attached hydrogens (tertiary/aromatic N) is 4. The highest BCUT2D eigenvalue weighted by Gasteiger charge is 2.31. The first-order valence-corrected chi connectivity index (χ1v) is 8.55. The van der Waals surface area contributed by atoms with Gasteiger partial charge in [0.2, 0.25) is 0 Å². The average molecular weight is 345 g/mol. The molecule has 1 aliphatic heterocycles. The van der Waals surface area contributed by atoms with E-state index in [9.17, 15) is 4.79 Å². The zero-order valence-corrected chi connectivity index (χ0v) is 14.5. The van der Waals surface area contributed by atoms with Gasteiger partial charge in [0.1, 0.15) is 17.7 Å². The zero-order chi connectivity index (χ0) is 17.6. The predicted octanol–water partition coefficient (Wildman–Crippen LogP) is 1.52. The van der Waals surface area contributed by atoms with Gasteiger partial charge in [0.05, 0.1) is 19.3 Å². The van der Waals surface area contributed by atoms with Gasteiger partial charge in [-0.1, -0.05) is 6.92 Å². The number of aromatic nitrogens is 4. The lowest BCUT2D eigenvalue weighted by molar-refractivity contribution is -0.146. The van der Waals surface area contributed by atoms with Crippen LogP contribution < -0.4 is 4.74 Å². The van der Waals surface area contributed by atoms with Gasteiger partial charge in [-0.25, -0.2) is 4.98 Å². The van der Waals surface area contributed by atoms with Crippen LogP contribution in [-0.4, -0.2) is 56.8 Å². The fraction of sp³-hybridized carbons (Fsp3) is 0.529. The number of hydrogen-bond acceptors (Lipinski definition) is 6. The smallest absolute Gasteiger partial charge is 0.263 e. The highest BCUT2D eigenvalue weighted by Crippen LogP contribution is 2.20. The zero-order valence-electron chi connectivity index (χ0n) is 14.5. The second-order valence-corrected chi connectivity index (χ2v) is 5.98. The predicted molar refractivity (Wildman–Crippen MR) is 90.0 cm³/mol. The van der Waals surface area contributed by atoms with E-state index in [1.165, 1.54) is 0 Å². The molecule has 1 saturated heterocycles. The van der Waals surface area contributed by atoms with Gasteiger partial charge < -0.3 is 14.4 Å². The van der Waals surface area contributed by atoms with Gasteiger partial charge in [0.15, 0.2) is 11.9 Å². The number of aromatic amines is 1. The molecule has 0 aromatic carbocycles. The summed E-state index contributed by atoms with van der Waals surface area (Å²) in [4.78, 5) is 22.9. The molecule has 2 aromatic heterocycles. The number of pyridine rings is 1. The molecule has 0 unspecified atom stereocenters. The van der Waals surface area contributed by atoms with E-state index in [-0.39, 0.29) is 12.0 Å². The van der Waals surface area contributed by atoms with E-state index in [0.29, 0.717) is 31.3 Å². The number of ether oxygens (including phenoxy) is 2. The summed E-state index contributed by atoms with van der Waals surface area (Å²) >= 11 is 0. The maximum absolute atomic E-state index is 12.7. The molecule has 0 aliphatic carbocycles. The van der Waals surface area contributed by atoms with E-state index >= 15 is 0 Å². The molecular weight excluding hydrogens is 322 g/mol. The summed E-state index contributed by atoms with van der Waals surface area (Å²) in [5.74, 6) is 1.94. The Bertz CT molecular complexity index is 691. The van der Waals surface area contributed by atoms with Crippen molar-refractivity contribution < 1.29 is 14.3 Å². The first-order valence-electron chi connectivity index (χ1n) is 8.55. The Morgan fingerprint density at radius 1 is 1.56 bits per heavy atom. The molecule has 8 heteroatoms. The molecule has 25 heavy (non-hydrogen) atoms. The van der Waals surface area contributed by atoms with E-state index in [4.69, 9.17) is 9.47 Å². The maximum Gasteiger partial charge on any atom is 0.263 e. The monoisotopic (exact) mass is 345 g/mol. The number of H-pyrrole nitrogens is 1. The SMILES string of the molecule is CCCc1nc([C@H]2CN(C(=O)[C@H](C)Oc3cccnc3)CCO2)n[nH]1. The van der Waals surface area contributed by atoms with Crippen molar-refractivity contribution in [1.82, 2.24) is 25.1 Å². The van der Waals surface area contributed by atoms with E-state index in [0.717, 1.165) is 18.7 Å². The van der Waals surface area contributed by atoms with Gasteiger partial charge >= 0.3 is 0 Å². The molecule has 1 amide bonds. The summed E-state index contributed by atoms with van der Waals surface area (Å²) < 4.78 is 11.4. The summed E-state index contributed by atoms with van der Waals surface area (Å²) in [7, 11) is 0. The highest BCUT2D eigenvalue weighted by atomic mass is 16.5. The lowest BCUT2D eigenvalue weighted by Crippen LogP contribution is -2.47. The van der Waals surface area contributed by atoms with Gasteiger partial charge in [0, 0.05) is 19.2 Å². The van der Waals surface area contributed by atoms with Gasteiger partial charge in [-0.3, -0.25) is 14.9 Å². The van der Waals surface area contributed by atoms with Crippen molar-refractivity contribution in [3.05, 3.63) is 36.2 Å². The molecule has 0 radical (unpaired) electrons. The van der Waals surface area contributed by atoms with Crippen molar-refractivity contribution in [2.24, 2.45) is 0 Å². The average Bonchev–Trinajstić information content (AvgIpc) is 3.11. The van der Waals surface area contributed by atoms with Crippen LogP contribution in [0.25, 0.3) is 0 Å². The van der Waals surface area contributed by atoms with Crippen molar-refractivity contribution in [3.8, 4) is 5.75 Å². The Labute approximate surface area is 146 Å². The van der Waals surface area contributed by atoms with Crippen LogP contribution in [0.1, 0.15) is 38.0 Å². The summed E-state index contributed by atoms with van der Waals surface area (Å²) in [5.41, 5.74) is 0. The second-order valence-electron chi connectivity index (χ2n) is 5.98. The second kappa shape index (κ2) is 8.06. The van der Waals surface area contributed by atoms with Crippen LogP contribution in [0.15, 0.2) is 24.5 Å². The number of hydrogen-bond donors (Lipinski definition) is 1. The third-order valence-electron chi connectivity index (χ3n) is 4.00. The largest absolute Gasteiger partial charge is 0.479 e. The van der Waals surface area contributed by atoms with Crippen LogP contribution in [0.2, 0.25) is 0 Å². The minimum atomic E-state index is -0.592. The van der Waals surface area contributed by atoms with Crippen LogP contribution in [0.3, 0.4) is 0 Å². The molecular formula is C17H23N5O3. The number of aryl methyl sites for hydroxylation is 1. The molecule has 0 spiro atoms. The molecule has 1 N–H and O–H groups in total. The standard InChI is InChI=1S/C17H23N5O3/c1-3-5-15-19-16(21-20-15)14-11-22(8-9-24-14)17(23)12(2)25-13-6-4-7-18-10-13/h4,6-7,10,12,14H,3,5,8-9,11H2,1-2H3,(H,19,20,21)/t12-,14+/m0/s1. The quantitative estimate of drug-likeness (QED) is 0.853. The molecule has 2 aromatic rings. The normalized spacial score (nSPS) is 18.8. The summed E-state index contributed by atoms with van der Waals surface area (Å²) in [6.07, 6.45) is 4.19. The van der Waals surface area contributed by atoms with E-state index in [1.54, 1.807) is 36.4 Å². The molecule has 0 bridgehead atoms. The maximum atomic E-state index is 12.7. The molecule has 1 aliphatic rings. The molecule has 8 nitrogen and oxygen atoms in total. The molecule has 3 heterocycles. The summed E-state index contributed by atoms with van der Waals surface area (Å²) in [6, 6.07) is 3.55. The van der Waals surface area contributed by atoms with Crippen LogP contribution in [0.5, 0.6) is 5.75 Å². The van der Waals surface area contributed by atoms with Crippen LogP contribution in [0, 0.1) is 0 Å². The third-order valence-corrected chi connectivity index (χ3v) is 4.00. The third kappa shape index (κ3) is 4.33. The minimum absolute atomic E-state index is 0.0820. The minimum Gasteiger partial charge on any atom is -0.479 e. The van der Waals surface area contributed by atoms with Crippen molar-refractivity contribution in [2.75, 3.05) is 19.7 Å². The molecule has 2 atom stereocenters. The van der Waals surface area contributed by atoms with Crippen molar-refractivity contribution in [2.45, 2.75) is 38.9 Å². The van der Waals surface area contributed by atoms with Gasteiger partial charge in [-0.05, 0) is 25.5 Å². The van der Waals surface area contributed by atoms with Gasteiger partial charge in [-0.15, -0.1) is 0 Å².